The van der Waals surface area contributed by atoms with Crippen molar-refractivity contribution >= 4 is 11.6 Å². The van der Waals surface area contributed by atoms with Crippen LogP contribution < -0.4 is 10.1 Å². The second-order valence-corrected chi connectivity index (χ2v) is 5.67. The minimum absolute atomic E-state index is 0.388. The van der Waals surface area contributed by atoms with Gasteiger partial charge in [-0.15, -0.1) is 0 Å². The van der Waals surface area contributed by atoms with Gasteiger partial charge < -0.3 is 10.1 Å². The van der Waals surface area contributed by atoms with Crippen molar-refractivity contribution in [1.29, 1.82) is 0 Å². The zero-order valence-corrected chi connectivity index (χ0v) is 13.8. The third kappa shape index (κ3) is 3.78. The minimum atomic E-state index is 0.388. The van der Waals surface area contributed by atoms with E-state index in [-0.39, 0.29) is 0 Å². The number of rotatable bonds is 5. The highest BCUT2D eigenvalue weighted by molar-refractivity contribution is 6.32. The second-order valence-electron chi connectivity index (χ2n) is 5.29. The molecule has 2 rings (SSSR count). The Bertz CT molecular complexity index is 580. The summed E-state index contributed by atoms with van der Waals surface area (Å²) in [7, 11) is 1.98. The summed E-state index contributed by atoms with van der Waals surface area (Å²) in [5.74, 6) is 1.66. The first kappa shape index (κ1) is 15.9. The van der Waals surface area contributed by atoms with Crippen LogP contribution in [0.5, 0.6) is 11.5 Å². The maximum absolute atomic E-state index is 6.18. The van der Waals surface area contributed by atoms with E-state index in [1.54, 1.807) is 0 Å². The van der Waals surface area contributed by atoms with Gasteiger partial charge in [-0.05, 0) is 68.3 Å². The summed E-state index contributed by atoms with van der Waals surface area (Å²) in [4.78, 5) is 0. The fourth-order valence-corrected chi connectivity index (χ4v) is 2.58. The topological polar surface area (TPSA) is 21.3 Å². The summed E-state index contributed by atoms with van der Waals surface area (Å²) in [6.45, 7) is 6.15. The number of ether oxygens (including phenoxy) is 1. The molecule has 1 unspecified atom stereocenters. The van der Waals surface area contributed by atoms with Crippen molar-refractivity contribution in [2.45, 2.75) is 33.2 Å². The quantitative estimate of drug-likeness (QED) is 0.796. The van der Waals surface area contributed by atoms with E-state index >= 15 is 0 Å². The van der Waals surface area contributed by atoms with Crippen LogP contribution in [0.25, 0.3) is 0 Å². The van der Waals surface area contributed by atoms with E-state index in [0.717, 1.165) is 34.1 Å². The lowest BCUT2D eigenvalue weighted by Crippen LogP contribution is -2.14. The molecule has 1 N–H and O–H groups in total. The SMILES string of the molecule is CCC(NC)c1ccc(Oc2cc(C)c(Cl)c(C)c2)cc1. The van der Waals surface area contributed by atoms with E-state index in [4.69, 9.17) is 16.3 Å². The third-order valence-corrected chi connectivity index (χ3v) is 4.28. The van der Waals surface area contributed by atoms with Crippen LogP contribution in [0.2, 0.25) is 5.02 Å². The zero-order chi connectivity index (χ0) is 15.4. The predicted molar refractivity (Wildman–Crippen MR) is 89.5 cm³/mol. The van der Waals surface area contributed by atoms with Gasteiger partial charge in [0.1, 0.15) is 11.5 Å². The maximum Gasteiger partial charge on any atom is 0.128 e. The highest BCUT2D eigenvalue weighted by Crippen LogP contribution is 2.29. The lowest BCUT2D eigenvalue weighted by atomic mass is 10.0. The Labute approximate surface area is 132 Å². The van der Waals surface area contributed by atoms with E-state index in [1.165, 1.54) is 5.56 Å². The van der Waals surface area contributed by atoms with Gasteiger partial charge in [0.15, 0.2) is 0 Å². The third-order valence-electron chi connectivity index (χ3n) is 3.68. The van der Waals surface area contributed by atoms with Crippen molar-refractivity contribution in [3.63, 3.8) is 0 Å². The van der Waals surface area contributed by atoms with Crippen LogP contribution in [0, 0.1) is 13.8 Å². The zero-order valence-electron chi connectivity index (χ0n) is 13.0. The van der Waals surface area contributed by atoms with Crippen molar-refractivity contribution in [3.8, 4) is 11.5 Å². The first-order valence-electron chi connectivity index (χ1n) is 7.27. The Morgan fingerprint density at radius 3 is 2.10 bits per heavy atom. The number of aryl methyl sites for hydroxylation is 2. The molecule has 21 heavy (non-hydrogen) atoms. The highest BCUT2D eigenvalue weighted by atomic mass is 35.5. The van der Waals surface area contributed by atoms with Crippen LogP contribution in [0.1, 0.15) is 36.1 Å². The molecule has 1 atom stereocenters. The van der Waals surface area contributed by atoms with E-state index in [2.05, 4.69) is 24.4 Å². The Morgan fingerprint density at radius 2 is 1.62 bits per heavy atom. The van der Waals surface area contributed by atoms with Crippen molar-refractivity contribution in [2.75, 3.05) is 7.05 Å². The molecule has 0 aliphatic carbocycles. The molecule has 2 aromatic rings. The largest absolute Gasteiger partial charge is 0.457 e. The molecule has 2 aromatic carbocycles. The molecule has 0 aliphatic rings. The Hall–Kier alpha value is -1.51. The first-order chi connectivity index (χ1) is 10.0. The van der Waals surface area contributed by atoms with Gasteiger partial charge in [-0.3, -0.25) is 0 Å². The average molecular weight is 304 g/mol. The first-order valence-corrected chi connectivity index (χ1v) is 7.64. The van der Waals surface area contributed by atoms with Crippen LogP contribution in [-0.4, -0.2) is 7.05 Å². The molecule has 0 radical (unpaired) electrons. The molecule has 112 valence electrons. The van der Waals surface area contributed by atoms with Crippen LogP contribution >= 0.6 is 11.6 Å². The second kappa shape index (κ2) is 6.97. The van der Waals surface area contributed by atoms with Crippen molar-refractivity contribution in [1.82, 2.24) is 5.32 Å². The van der Waals surface area contributed by atoms with E-state index < -0.39 is 0 Å². The van der Waals surface area contributed by atoms with Crippen molar-refractivity contribution < 1.29 is 4.74 Å². The fourth-order valence-electron chi connectivity index (χ4n) is 2.48. The summed E-state index contributed by atoms with van der Waals surface area (Å²) in [6, 6.07) is 12.5. The van der Waals surface area contributed by atoms with Gasteiger partial charge in [-0.2, -0.15) is 0 Å². The molecular formula is C18H22ClNO. The van der Waals surface area contributed by atoms with Crippen LogP contribution in [0.3, 0.4) is 0 Å². The summed E-state index contributed by atoms with van der Waals surface area (Å²) in [5.41, 5.74) is 3.34. The van der Waals surface area contributed by atoms with Crippen LogP contribution in [0.15, 0.2) is 36.4 Å². The Kier molecular flexibility index (Phi) is 5.27. The average Bonchev–Trinajstić information content (AvgIpc) is 2.47. The maximum atomic E-state index is 6.18. The van der Waals surface area contributed by atoms with E-state index in [0.29, 0.717) is 6.04 Å². The normalized spacial score (nSPS) is 12.2. The Morgan fingerprint density at radius 1 is 1.05 bits per heavy atom. The molecular weight excluding hydrogens is 282 g/mol. The summed E-state index contributed by atoms with van der Waals surface area (Å²) in [6.07, 6.45) is 1.06. The monoisotopic (exact) mass is 303 g/mol. The van der Waals surface area contributed by atoms with Gasteiger partial charge in [0.2, 0.25) is 0 Å². The number of halogens is 1. The van der Waals surface area contributed by atoms with Gasteiger partial charge in [0.25, 0.3) is 0 Å². The number of benzene rings is 2. The molecule has 0 amide bonds. The molecule has 0 aromatic heterocycles. The van der Waals surface area contributed by atoms with Crippen molar-refractivity contribution in [2.24, 2.45) is 0 Å². The predicted octanol–water partition coefficient (Wildman–Crippen LogP) is 5.42. The fraction of sp³-hybridized carbons (Fsp3) is 0.333. The Balaban J connectivity index is 2.17. The van der Waals surface area contributed by atoms with E-state index in [9.17, 15) is 0 Å². The molecule has 2 nitrogen and oxygen atoms in total. The highest BCUT2D eigenvalue weighted by Gasteiger charge is 2.07. The van der Waals surface area contributed by atoms with Gasteiger partial charge in [-0.1, -0.05) is 30.7 Å². The van der Waals surface area contributed by atoms with Crippen LogP contribution in [-0.2, 0) is 0 Å². The molecule has 0 bridgehead atoms. The molecule has 0 heterocycles. The summed E-state index contributed by atoms with van der Waals surface area (Å²) in [5, 5.41) is 4.11. The van der Waals surface area contributed by atoms with Crippen molar-refractivity contribution in [3.05, 3.63) is 58.1 Å². The molecule has 0 fully saturated rings. The van der Waals surface area contributed by atoms with Gasteiger partial charge >= 0.3 is 0 Å². The van der Waals surface area contributed by atoms with Gasteiger partial charge in [-0.25, -0.2) is 0 Å². The molecule has 0 saturated carbocycles. The lowest BCUT2D eigenvalue weighted by molar-refractivity contribution is 0.481. The summed E-state index contributed by atoms with van der Waals surface area (Å²) < 4.78 is 5.92. The molecule has 0 spiro atoms. The number of hydrogen-bond donors (Lipinski definition) is 1. The van der Waals surface area contributed by atoms with Crippen LogP contribution in [0.4, 0.5) is 0 Å². The summed E-state index contributed by atoms with van der Waals surface area (Å²) >= 11 is 6.18. The number of hydrogen-bond acceptors (Lipinski definition) is 2. The van der Waals surface area contributed by atoms with E-state index in [1.807, 2.05) is 45.2 Å². The van der Waals surface area contributed by atoms with Gasteiger partial charge in [0, 0.05) is 11.1 Å². The standard InChI is InChI=1S/C18H22ClNO/c1-5-17(20-4)14-6-8-15(9-7-14)21-16-10-12(2)18(19)13(3)11-16/h6-11,17,20H,5H2,1-4H3. The smallest absolute Gasteiger partial charge is 0.128 e. The molecule has 0 saturated heterocycles. The number of nitrogens with one attached hydrogen (secondary N) is 1. The lowest BCUT2D eigenvalue weighted by Gasteiger charge is -2.15. The molecule has 3 heteroatoms. The van der Waals surface area contributed by atoms with Gasteiger partial charge in [0.05, 0.1) is 0 Å². The molecule has 0 aliphatic heterocycles. The minimum Gasteiger partial charge on any atom is -0.457 e.